The van der Waals surface area contributed by atoms with Gasteiger partial charge in [-0.1, -0.05) is 19.3 Å². The summed E-state index contributed by atoms with van der Waals surface area (Å²) in [6.07, 6.45) is 7.72. The molecule has 0 radical (unpaired) electrons. The molecule has 0 aliphatic carbocycles. The van der Waals surface area contributed by atoms with Gasteiger partial charge in [-0.15, -0.1) is 0 Å². The first-order valence-electron chi connectivity index (χ1n) is 9.17. The van der Waals surface area contributed by atoms with Crippen LogP contribution in [0.3, 0.4) is 0 Å². The number of anilines is 1. The molecule has 0 saturated carbocycles. The zero-order valence-electron chi connectivity index (χ0n) is 14.2. The fraction of sp³-hybridized carbons (Fsp3) is 0.579. The van der Waals surface area contributed by atoms with Crippen LogP contribution >= 0.6 is 0 Å². The lowest BCUT2D eigenvalue weighted by Crippen LogP contribution is -2.43. The first kappa shape index (κ1) is 17.0. The lowest BCUT2D eigenvalue weighted by Gasteiger charge is -2.23. The minimum atomic E-state index is -0.0999. The van der Waals surface area contributed by atoms with Crippen molar-refractivity contribution < 1.29 is 9.59 Å². The Morgan fingerprint density at radius 3 is 2.29 bits per heavy atom. The van der Waals surface area contributed by atoms with Gasteiger partial charge in [-0.05, 0) is 56.5 Å². The zero-order chi connectivity index (χ0) is 16.8. The normalized spacial score (nSPS) is 21.8. The second-order valence-electron chi connectivity index (χ2n) is 6.78. The van der Waals surface area contributed by atoms with Gasteiger partial charge in [-0.25, -0.2) is 0 Å². The molecule has 1 aromatic carbocycles. The van der Waals surface area contributed by atoms with Gasteiger partial charge in [0.1, 0.15) is 0 Å². The zero-order valence-corrected chi connectivity index (χ0v) is 14.2. The number of rotatable bonds is 3. The van der Waals surface area contributed by atoms with E-state index in [2.05, 4.69) is 10.6 Å². The number of piperidine rings is 1. The summed E-state index contributed by atoms with van der Waals surface area (Å²) in [6.45, 7) is 2.61. The fourth-order valence-corrected chi connectivity index (χ4v) is 3.46. The molecule has 3 rings (SSSR count). The number of hydrogen-bond donors (Lipinski definition) is 2. The van der Waals surface area contributed by atoms with Gasteiger partial charge in [0, 0.05) is 24.3 Å². The largest absolute Gasteiger partial charge is 0.339 e. The van der Waals surface area contributed by atoms with E-state index in [0.717, 1.165) is 57.4 Å². The maximum absolute atomic E-state index is 12.6. The molecule has 0 bridgehead atoms. The average Bonchev–Trinajstić information content (AvgIpc) is 2.92. The van der Waals surface area contributed by atoms with Crippen LogP contribution in [0.1, 0.15) is 55.3 Å². The molecule has 130 valence electrons. The van der Waals surface area contributed by atoms with Crippen molar-refractivity contribution >= 4 is 17.5 Å². The lowest BCUT2D eigenvalue weighted by molar-refractivity contribution is -0.118. The van der Waals surface area contributed by atoms with E-state index in [-0.39, 0.29) is 17.9 Å². The topological polar surface area (TPSA) is 61.4 Å². The molecule has 2 aliphatic heterocycles. The molecule has 2 amide bonds. The number of benzene rings is 1. The quantitative estimate of drug-likeness (QED) is 0.896. The summed E-state index contributed by atoms with van der Waals surface area (Å²) in [5.41, 5.74) is 1.45. The molecule has 2 aliphatic rings. The second kappa shape index (κ2) is 8.29. The van der Waals surface area contributed by atoms with E-state index in [1.54, 1.807) is 0 Å². The predicted octanol–water partition coefficient (Wildman–Crippen LogP) is 2.78. The summed E-state index contributed by atoms with van der Waals surface area (Å²) in [4.78, 5) is 26.7. The minimum absolute atomic E-state index is 0.0151. The molecule has 0 spiro atoms. The smallest absolute Gasteiger partial charge is 0.253 e. The van der Waals surface area contributed by atoms with Crippen LogP contribution in [-0.4, -0.2) is 42.4 Å². The molecular formula is C19H27N3O2. The Bertz CT molecular complexity index is 556. The van der Waals surface area contributed by atoms with Crippen LogP contribution in [0, 0.1) is 0 Å². The standard InChI is InChI=1S/C19H27N3O2/c23-18(17-7-3-4-12-20-17)21-16-10-8-15(9-11-16)19(24)22-13-5-1-2-6-14-22/h8-11,17,20H,1-7,12-14H2,(H,21,23). The molecule has 2 saturated heterocycles. The van der Waals surface area contributed by atoms with Crippen molar-refractivity contribution in [1.82, 2.24) is 10.2 Å². The van der Waals surface area contributed by atoms with Crippen LogP contribution in [0.2, 0.25) is 0 Å². The Morgan fingerprint density at radius 2 is 1.67 bits per heavy atom. The van der Waals surface area contributed by atoms with Crippen LogP contribution in [0.15, 0.2) is 24.3 Å². The second-order valence-corrected chi connectivity index (χ2v) is 6.78. The van der Waals surface area contributed by atoms with Crippen molar-refractivity contribution in [2.45, 2.75) is 51.0 Å². The molecule has 5 nitrogen and oxygen atoms in total. The van der Waals surface area contributed by atoms with Gasteiger partial charge >= 0.3 is 0 Å². The Morgan fingerprint density at radius 1 is 0.958 bits per heavy atom. The summed E-state index contributed by atoms with van der Waals surface area (Å²) < 4.78 is 0. The number of hydrogen-bond acceptors (Lipinski definition) is 3. The monoisotopic (exact) mass is 329 g/mol. The van der Waals surface area contributed by atoms with E-state index in [4.69, 9.17) is 0 Å². The highest BCUT2D eigenvalue weighted by Crippen LogP contribution is 2.16. The Labute approximate surface area is 143 Å². The number of amides is 2. The molecule has 2 fully saturated rings. The van der Waals surface area contributed by atoms with Crippen molar-refractivity contribution in [2.24, 2.45) is 0 Å². The third-order valence-corrected chi connectivity index (χ3v) is 4.92. The summed E-state index contributed by atoms with van der Waals surface area (Å²) in [6, 6.07) is 7.18. The number of nitrogens with one attached hydrogen (secondary N) is 2. The van der Waals surface area contributed by atoms with Crippen LogP contribution < -0.4 is 10.6 Å². The SMILES string of the molecule is O=C(Nc1ccc(C(=O)N2CCCCCC2)cc1)C1CCCCN1. The predicted molar refractivity (Wildman–Crippen MR) is 95.1 cm³/mol. The van der Waals surface area contributed by atoms with Crippen molar-refractivity contribution in [3.8, 4) is 0 Å². The van der Waals surface area contributed by atoms with Crippen molar-refractivity contribution in [3.05, 3.63) is 29.8 Å². The number of carbonyl (C=O) groups is 2. The van der Waals surface area contributed by atoms with Crippen LogP contribution in [0.5, 0.6) is 0 Å². The Kier molecular flexibility index (Phi) is 5.86. The number of carbonyl (C=O) groups excluding carboxylic acids is 2. The molecular weight excluding hydrogens is 302 g/mol. The third-order valence-electron chi connectivity index (χ3n) is 4.92. The first-order chi connectivity index (χ1) is 11.7. The van der Waals surface area contributed by atoms with Gasteiger partial charge in [0.05, 0.1) is 6.04 Å². The third kappa shape index (κ3) is 4.35. The van der Waals surface area contributed by atoms with Crippen LogP contribution in [-0.2, 0) is 4.79 Å². The molecule has 24 heavy (non-hydrogen) atoms. The Balaban J connectivity index is 1.58. The molecule has 1 unspecified atom stereocenters. The van der Waals surface area contributed by atoms with E-state index in [1.807, 2.05) is 29.2 Å². The van der Waals surface area contributed by atoms with E-state index < -0.39 is 0 Å². The Hall–Kier alpha value is -1.88. The highest BCUT2D eigenvalue weighted by Gasteiger charge is 2.21. The highest BCUT2D eigenvalue weighted by molar-refractivity contribution is 5.97. The lowest BCUT2D eigenvalue weighted by atomic mass is 10.0. The van der Waals surface area contributed by atoms with Crippen molar-refractivity contribution in [3.63, 3.8) is 0 Å². The average molecular weight is 329 g/mol. The summed E-state index contributed by atoms with van der Waals surface area (Å²) in [5, 5.41) is 6.19. The van der Waals surface area contributed by atoms with E-state index in [0.29, 0.717) is 5.56 Å². The molecule has 1 aromatic rings. The van der Waals surface area contributed by atoms with Crippen molar-refractivity contribution in [1.29, 1.82) is 0 Å². The number of likely N-dealkylation sites (tertiary alicyclic amines) is 1. The van der Waals surface area contributed by atoms with E-state index in [9.17, 15) is 9.59 Å². The molecule has 5 heteroatoms. The van der Waals surface area contributed by atoms with Gasteiger partial charge in [-0.3, -0.25) is 9.59 Å². The molecule has 2 N–H and O–H groups in total. The van der Waals surface area contributed by atoms with Gasteiger partial charge in [0.15, 0.2) is 0 Å². The summed E-state index contributed by atoms with van der Waals surface area (Å²) >= 11 is 0. The maximum atomic E-state index is 12.6. The summed E-state index contributed by atoms with van der Waals surface area (Å²) in [7, 11) is 0. The first-order valence-corrected chi connectivity index (χ1v) is 9.17. The summed E-state index contributed by atoms with van der Waals surface area (Å²) in [5.74, 6) is 0.116. The fourth-order valence-electron chi connectivity index (χ4n) is 3.46. The number of nitrogens with zero attached hydrogens (tertiary/aromatic N) is 1. The molecule has 0 aromatic heterocycles. The highest BCUT2D eigenvalue weighted by atomic mass is 16.2. The van der Waals surface area contributed by atoms with E-state index >= 15 is 0 Å². The maximum Gasteiger partial charge on any atom is 0.253 e. The van der Waals surface area contributed by atoms with Gasteiger partial charge in [0.25, 0.3) is 5.91 Å². The minimum Gasteiger partial charge on any atom is -0.339 e. The van der Waals surface area contributed by atoms with Crippen LogP contribution in [0.25, 0.3) is 0 Å². The molecule has 2 heterocycles. The van der Waals surface area contributed by atoms with Crippen molar-refractivity contribution in [2.75, 3.05) is 25.0 Å². The molecule has 1 atom stereocenters. The van der Waals surface area contributed by atoms with Gasteiger partial charge < -0.3 is 15.5 Å². The van der Waals surface area contributed by atoms with Crippen LogP contribution in [0.4, 0.5) is 5.69 Å². The van der Waals surface area contributed by atoms with Gasteiger partial charge in [-0.2, -0.15) is 0 Å². The van der Waals surface area contributed by atoms with E-state index in [1.165, 1.54) is 12.8 Å². The van der Waals surface area contributed by atoms with Gasteiger partial charge in [0.2, 0.25) is 5.91 Å².